The van der Waals surface area contributed by atoms with E-state index < -0.39 is 5.97 Å². The van der Waals surface area contributed by atoms with Gasteiger partial charge in [-0.15, -0.1) is 23.7 Å². The van der Waals surface area contributed by atoms with Gasteiger partial charge in [-0.2, -0.15) is 0 Å². The summed E-state index contributed by atoms with van der Waals surface area (Å²) in [5.74, 6) is 0.0575. The number of fused-ring (bicyclic) bond motifs is 2. The molecule has 3 heterocycles. The third kappa shape index (κ3) is 4.12. The van der Waals surface area contributed by atoms with Crippen molar-refractivity contribution in [3.05, 3.63) is 56.8 Å². The van der Waals surface area contributed by atoms with Crippen LogP contribution < -0.4 is 4.74 Å². The Balaban J connectivity index is 0.00000225. The SMILES string of the molecule is CC(C)N1CCC(=C2c3cc(CC(=O)O)ccc3OCc3ccsc32)CC1.Cl. The lowest BCUT2D eigenvalue weighted by Gasteiger charge is -2.32. The minimum absolute atomic E-state index is 0. The van der Waals surface area contributed by atoms with E-state index in [0.717, 1.165) is 42.8 Å². The second-order valence-electron chi connectivity index (χ2n) is 7.57. The molecule has 1 saturated heterocycles. The lowest BCUT2D eigenvalue weighted by Crippen LogP contribution is -2.36. The predicted molar refractivity (Wildman–Crippen MR) is 116 cm³/mol. The number of likely N-dealkylation sites (tertiary alicyclic amines) is 1. The van der Waals surface area contributed by atoms with Gasteiger partial charge in [-0.1, -0.05) is 11.6 Å². The Morgan fingerprint density at radius 3 is 2.68 bits per heavy atom. The number of rotatable bonds is 3. The number of ether oxygens (including phenoxy) is 1. The number of aliphatic carboxylic acids is 1. The Morgan fingerprint density at radius 2 is 2.00 bits per heavy atom. The number of nitrogens with zero attached hydrogens (tertiary/aromatic N) is 1. The first kappa shape index (κ1) is 20.9. The fourth-order valence-electron chi connectivity index (χ4n) is 4.04. The van der Waals surface area contributed by atoms with Crippen molar-refractivity contribution in [3.63, 3.8) is 0 Å². The molecule has 0 radical (unpaired) electrons. The van der Waals surface area contributed by atoms with Crippen molar-refractivity contribution in [2.75, 3.05) is 13.1 Å². The molecule has 4 nitrogen and oxygen atoms in total. The summed E-state index contributed by atoms with van der Waals surface area (Å²) in [5.41, 5.74) is 5.85. The van der Waals surface area contributed by atoms with Crippen LogP contribution in [0.3, 0.4) is 0 Å². The third-order valence-electron chi connectivity index (χ3n) is 5.51. The summed E-state index contributed by atoms with van der Waals surface area (Å²) in [6.07, 6.45) is 2.13. The molecule has 0 aliphatic carbocycles. The molecule has 0 saturated carbocycles. The topological polar surface area (TPSA) is 49.8 Å². The molecule has 0 spiro atoms. The molecule has 4 rings (SSSR count). The normalized spacial score (nSPS) is 16.7. The van der Waals surface area contributed by atoms with Crippen LogP contribution in [0, 0.1) is 0 Å². The lowest BCUT2D eigenvalue weighted by molar-refractivity contribution is -0.136. The number of halogens is 1. The summed E-state index contributed by atoms with van der Waals surface area (Å²) in [6.45, 7) is 7.22. The van der Waals surface area contributed by atoms with Gasteiger partial charge in [0.2, 0.25) is 0 Å². The summed E-state index contributed by atoms with van der Waals surface area (Å²) in [6, 6.07) is 8.55. The van der Waals surface area contributed by atoms with E-state index in [9.17, 15) is 9.90 Å². The van der Waals surface area contributed by atoms with Crippen LogP contribution in [0.1, 0.15) is 48.3 Å². The van der Waals surface area contributed by atoms with E-state index in [-0.39, 0.29) is 18.8 Å². The summed E-state index contributed by atoms with van der Waals surface area (Å²) < 4.78 is 6.09. The largest absolute Gasteiger partial charge is 0.488 e. The predicted octanol–water partition coefficient (Wildman–Crippen LogP) is 5.00. The first-order chi connectivity index (χ1) is 13.0. The zero-order chi connectivity index (χ0) is 19.0. The van der Waals surface area contributed by atoms with E-state index in [1.54, 1.807) is 11.3 Å². The minimum Gasteiger partial charge on any atom is -0.488 e. The van der Waals surface area contributed by atoms with E-state index in [0.29, 0.717) is 12.6 Å². The first-order valence-electron chi connectivity index (χ1n) is 9.53. The molecule has 1 aromatic carbocycles. The van der Waals surface area contributed by atoms with Crippen LogP contribution in [-0.4, -0.2) is 35.1 Å². The summed E-state index contributed by atoms with van der Waals surface area (Å²) in [4.78, 5) is 15.0. The monoisotopic (exact) mass is 419 g/mol. The van der Waals surface area contributed by atoms with Gasteiger partial charge in [0.15, 0.2) is 0 Å². The van der Waals surface area contributed by atoms with Gasteiger partial charge in [-0.05, 0) is 55.8 Å². The highest BCUT2D eigenvalue weighted by Gasteiger charge is 2.26. The van der Waals surface area contributed by atoms with Crippen molar-refractivity contribution in [2.24, 2.45) is 0 Å². The number of hydrogen-bond donors (Lipinski definition) is 1. The molecule has 0 unspecified atom stereocenters. The number of thiophene rings is 1. The number of carbonyl (C=O) groups is 1. The maximum absolute atomic E-state index is 11.2. The highest BCUT2D eigenvalue weighted by Crippen LogP contribution is 2.43. The summed E-state index contributed by atoms with van der Waals surface area (Å²) >= 11 is 1.76. The highest BCUT2D eigenvalue weighted by molar-refractivity contribution is 7.11. The average molecular weight is 420 g/mol. The van der Waals surface area contributed by atoms with Gasteiger partial charge in [-0.25, -0.2) is 0 Å². The van der Waals surface area contributed by atoms with Gasteiger partial charge < -0.3 is 14.7 Å². The number of piperidine rings is 1. The van der Waals surface area contributed by atoms with Gasteiger partial charge in [-0.3, -0.25) is 4.79 Å². The van der Waals surface area contributed by atoms with E-state index in [1.165, 1.54) is 21.6 Å². The molecule has 150 valence electrons. The minimum atomic E-state index is -0.805. The highest BCUT2D eigenvalue weighted by atomic mass is 35.5. The van der Waals surface area contributed by atoms with Gasteiger partial charge in [0.25, 0.3) is 0 Å². The third-order valence-corrected chi connectivity index (χ3v) is 6.49. The quantitative estimate of drug-likeness (QED) is 0.760. The van der Waals surface area contributed by atoms with E-state index in [4.69, 9.17) is 4.74 Å². The number of benzene rings is 1. The lowest BCUT2D eigenvalue weighted by atomic mass is 9.89. The second-order valence-corrected chi connectivity index (χ2v) is 8.49. The number of carboxylic acid groups (broad SMARTS) is 1. The van der Waals surface area contributed by atoms with Gasteiger partial charge in [0, 0.05) is 40.7 Å². The Morgan fingerprint density at radius 1 is 1.25 bits per heavy atom. The fourth-order valence-corrected chi connectivity index (χ4v) is 5.06. The van der Waals surface area contributed by atoms with Gasteiger partial charge >= 0.3 is 5.97 Å². The molecule has 28 heavy (non-hydrogen) atoms. The Bertz CT molecular complexity index is 893. The molecule has 2 aliphatic rings. The zero-order valence-electron chi connectivity index (χ0n) is 16.2. The average Bonchev–Trinajstić information content (AvgIpc) is 3.04. The molecule has 6 heteroatoms. The van der Waals surface area contributed by atoms with Crippen LogP contribution in [0.5, 0.6) is 5.75 Å². The van der Waals surface area contributed by atoms with Gasteiger partial charge in [0.05, 0.1) is 6.42 Å². The van der Waals surface area contributed by atoms with E-state index in [1.807, 2.05) is 18.2 Å². The van der Waals surface area contributed by atoms with Crippen molar-refractivity contribution in [1.29, 1.82) is 0 Å². The molecular formula is C22H26ClNO3S. The Labute approximate surface area is 176 Å². The Kier molecular flexibility index (Phi) is 6.48. The first-order valence-corrected chi connectivity index (χ1v) is 10.4. The van der Waals surface area contributed by atoms with Crippen molar-refractivity contribution in [2.45, 2.75) is 45.8 Å². The van der Waals surface area contributed by atoms with Crippen molar-refractivity contribution < 1.29 is 14.6 Å². The van der Waals surface area contributed by atoms with Gasteiger partial charge in [0.1, 0.15) is 12.4 Å². The molecule has 0 atom stereocenters. The van der Waals surface area contributed by atoms with E-state index in [2.05, 4.69) is 30.2 Å². The van der Waals surface area contributed by atoms with Crippen LogP contribution in [0.4, 0.5) is 0 Å². The molecule has 2 aliphatic heterocycles. The van der Waals surface area contributed by atoms with Crippen molar-refractivity contribution in [1.82, 2.24) is 4.90 Å². The molecule has 0 amide bonds. The van der Waals surface area contributed by atoms with Crippen LogP contribution >= 0.6 is 23.7 Å². The van der Waals surface area contributed by atoms with Crippen LogP contribution in [0.2, 0.25) is 0 Å². The van der Waals surface area contributed by atoms with Crippen LogP contribution in [0.25, 0.3) is 5.57 Å². The van der Waals surface area contributed by atoms with Crippen molar-refractivity contribution >= 4 is 35.3 Å². The smallest absolute Gasteiger partial charge is 0.307 e. The van der Waals surface area contributed by atoms with Crippen LogP contribution in [0.15, 0.2) is 35.2 Å². The zero-order valence-corrected chi connectivity index (χ0v) is 17.9. The molecule has 1 N–H and O–H groups in total. The fraction of sp³-hybridized carbons (Fsp3) is 0.409. The molecule has 1 fully saturated rings. The maximum atomic E-state index is 11.2. The molecule has 0 bridgehead atoms. The second kappa shape index (κ2) is 8.68. The van der Waals surface area contributed by atoms with Crippen molar-refractivity contribution in [3.8, 4) is 5.75 Å². The van der Waals surface area contributed by atoms with Crippen LogP contribution in [-0.2, 0) is 17.8 Å². The summed E-state index contributed by atoms with van der Waals surface area (Å²) in [7, 11) is 0. The number of hydrogen-bond acceptors (Lipinski definition) is 4. The maximum Gasteiger partial charge on any atom is 0.307 e. The van der Waals surface area contributed by atoms with E-state index >= 15 is 0 Å². The summed E-state index contributed by atoms with van der Waals surface area (Å²) in [5, 5.41) is 11.3. The standard InChI is InChI=1S/C22H25NO3S.ClH/c1-14(2)23-8-5-16(6-9-23)21-18-11-15(12-20(24)25)3-4-19(18)26-13-17-7-10-27-22(17)21;/h3-4,7,10-11,14H,5-6,8-9,12-13H2,1-2H3,(H,24,25);1H. The number of carboxylic acids is 1. The molecular weight excluding hydrogens is 394 g/mol. The molecule has 1 aromatic heterocycles. The Hall–Kier alpha value is -1.82. The molecule has 2 aromatic rings.